The van der Waals surface area contributed by atoms with Gasteiger partial charge in [-0.15, -0.1) is 24.0 Å². The van der Waals surface area contributed by atoms with E-state index in [9.17, 15) is 0 Å². The summed E-state index contributed by atoms with van der Waals surface area (Å²) in [5.74, 6) is 3.17. The first-order valence-electron chi connectivity index (χ1n) is 9.72. The zero-order valence-electron chi connectivity index (χ0n) is 16.8. The summed E-state index contributed by atoms with van der Waals surface area (Å²) in [4.78, 5) is 13.1. The SMILES string of the molecule is CN=C(NCc1ccc(-n2ccnc2C)nc1)NCC1CCc2ccccc21.I. The molecule has 0 bridgehead atoms. The molecule has 2 N–H and O–H groups in total. The molecule has 29 heavy (non-hydrogen) atoms. The molecule has 0 radical (unpaired) electrons. The number of aliphatic imine (C=N–C) groups is 1. The fourth-order valence-corrected chi connectivity index (χ4v) is 3.77. The number of fused-ring (bicyclic) bond motifs is 1. The van der Waals surface area contributed by atoms with Crippen LogP contribution in [0.2, 0.25) is 0 Å². The fourth-order valence-electron chi connectivity index (χ4n) is 3.77. The van der Waals surface area contributed by atoms with Crippen LogP contribution in [0.3, 0.4) is 0 Å². The molecule has 0 saturated carbocycles. The van der Waals surface area contributed by atoms with Gasteiger partial charge in [-0.2, -0.15) is 0 Å². The maximum Gasteiger partial charge on any atom is 0.191 e. The number of nitrogens with one attached hydrogen (secondary N) is 2. The summed E-state index contributed by atoms with van der Waals surface area (Å²) >= 11 is 0. The number of benzene rings is 1. The van der Waals surface area contributed by atoms with Gasteiger partial charge < -0.3 is 10.6 Å². The smallest absolute Gasteiger partial charge is 0.191 e. The van der Waals surface area contributed by atoms with E-state index in [4.69, 9.17) is 0 Å². The van der Waals surface area contributed by atoms with Crippen molar-refractivity contribution in [1.29, 1.82) is 0 Å². The van der Waals surface area contributed by atoms with E-state index in [1.165, 1.54) is 24.0 Å². The minimum Gasteiger partial charge on any atom is -0.356 e. The minimum atomic E-state index is 0. The molecule has 0 amide bonds. The van der Waals surface area contributed by atoms with Crippen molar-refractivity contribution < 1.29 is 0 Å². The Balaban J connectivity index is 0.00000240. The van der Waals surface area contributed by atoms with Crippen molar-refractivity contribution in [2.24, 2.45) is 4.99 Å². The normalized spacial score (nSPS) is 15.5. The highest BCUT2D eigenvalue weighted by molar-refractivity contribution is 14.0. The molecule has 7 heteroatoms. The highest BCUT2D eigenvalue weighted by atomic mass is 127. The van der Waals surface area contributed by atoms with Crippen molar-refractivity contribution in [2.75, 3.05) is 13.6 Å². The third kappa shape index (κ3) is 4.95. The fraction of sp³-hybridized carbons (Fsp3) is 0.318. The zero-order valence-corrected chi connectivity index (χ0v) is 19.1. The van der Waals surface area contributed by atoms with E-state index >= 15 is 0 Å². The van der Waals surface area contributed by atoms with Crippen molar-refractivity contribution >= 4 is 29.9 Å². The van der Waals surface area contributed by atoms with Crippen LogP contribution in [0, 0.1) is 6.92 Å². The summed E-state index contributed by atoms with van der Waals surface area (Å²) in [6, 6.07) is 12.8. The highest BCUT2D eigenvalue weighted by Crippen LogP contribution is 2.32. The number of aromatic nitrogens is 3. The first kappa shape index (κ1) is 21.3. The first-order valence-corrected chi connectivity index (χ1v) is 9.72. The minimum absolute atomic E-state index is 0. The Morgan fingerprint density at radius 2 is 2.03 bits per heavy atom. The second kappa shape index (κ2) is 9.87. The summed E-state index contributed by atoms with van der Waals surface area (Å²) in [6.07, 6.45) is 7.96. The van der Waals surface area contributed by atoms with E-state index < -0.39 is 0 Å². The van der Waals surface area contributed by atoms with Crippen molar-refractivity contribution in [3.63, 3.8) is 0 Å². The van der Waals surface area contributed by atoms with E-state index in [0.717, 1.165) is 29.7 Å². The van der Waals surface area contributed by atoms with Gasteiger partial charge >= 0.3 is 0 Å². The van der Waals surface area contributed by atoms with E-state index in [2.05, 4.69) is 55.9 Å². The maximum absolute atomic E-state index is 4.54. The lowest BCUT2D eigenvalue weighted by Gasteiger charge is -2.16. The van der Waals surface area contributed by atoms with Crippen LogP contribution in [0.25, 0.3) is 5.82 Å². The number of hydrogen-bond acceptors (Lipinski definition) is 3. The van der Waals surface area contributed by atoms with E-state index in [-0.39, 0.29) is 24.0 Å². The van der Waals surface area contributed by atoms with Gasteiger partial charge in [0.05, 0.1) is 0 Å². The summed E-state index contributed by atoms with van der Waals surface area (Å²) in [5.41, 5.74) is 4.06. The van der Waals surface area contributed by atoms with Gasteiger partial charge in [-0.3, -0.25) is 9.56 Å². The number of rotatable bonds is 5. The van der Waals surface area contributed by atoms with Gasteiger partial charge in [-0.25, -0.2) is 9.97 Å². The average Bonchev–Trinajstić information content (AvgIpc) is 3.35. The summed E-state index contributed by atoms with van der Waals surface area (Å²) in [5, 5.41) is 6.85. The molecule has 1 unspecified atom stereocenters. The predicted molar refractivity (Wildman–Crippen MR) is 127 cm³/mol. The van der Waals surface area contributed by atoms with E-state index in [0.29, 0.717) is 12.5 Å². The number of hydrogen-bond donors (Lipinski definition) is 2. The molecular weight excluding hydrogens is 475 g/mol. The van der Waals surface area contributed by atoms with Crippen LogP contribution >= 0.6 is 24.0 Å². The first-order chi connectivity index (χ1) is 13.7. The molecule has 4 rings (SSSR count). The Morgan fingerprint density at radius 3 is 2.76 bits per heavy atom. The number of nitrogens with zero attached hydrogens (tertiary/aromatic N) is 4. The molecular formula is C22H27IN6. The van der Waals surface area contributed by atoms with Gasteiger partial charge in [-0.1, -0.05) is 30.3 Å². The molecule has 152 valence electrons. The molecule has 1 atom stereocenters. The lowest BCUT2D eigenvalue weighted by atomic mass is 10.0. The quantitative estimate of drug-likeness (QED) is 0.318. The number of aryl methyl sites for hydroxylation is 2. The monoisotopic (exact) mass is 502 g/mol. The zero-order chi connectivity index (χ0) is 19.3. The Labute approximate surface area is 188 Å². The van der Waals surface area contributed by atoms with Gasteiger partial charge in [0, 0.05) is 44.6 Å². The van der Waals surface area contributed by atoms with Gasteiger partial charge in [0.2, 0.25) is 0 Å². The molecule has 0 spiro atoms. The molecule has 0 saturated heterocycles. The maximum atomic E-state index is 4.54. The van der Waals surface area contributed by atoms with Crippen LogP contribution in [0.15, 0.2) is 60.0 Å². The second-order valence-electron chi connectivity index (χ2n) is 7.11. The standard InChI is InChI=1S/C22H26N6.HI/c1-16-24-11-12-28(16)21-10-7-17(13-25-21)14-26-22(23-2)27-15-19-9-8-18-5-3-4-6-20(18)19;/h3-7,10-13,19H,8-9,14-15H2,1-2H3,(H2,23,26,27);1H. The van der Waals surface area contributed by atoms with Gasteiger partial charge in [-0.05, 0) is 42.5 Å². The number of guanidine groups is 1. The summed E-state index contributed by atoms with van der Waals surface area (Å²) in [6.45, 7) is 3.54. The van der Waals surface area contributed by atoms with Crippen LogP contribution in [0.4, 0.5) is 0 Å². The van der Waals surface area contributed by atoms with E-state index in [1.807, 2.05) is 30.0 Å². The third-order valence-corrected chi connectivity index (χ3v) is 5.34. The van der Waals surface area contributed by atoms with Crippen molar-refractivity contribution in [1.82, 2.24) is 25.2 Å². The molecule has 1 aromatic carbocycles. The molecule has 0 fully saturated rings. The highest BCUT2D eigenvalue weighted by Gasteiger charge is 2.21. The van der Waals surface area contributed by atoms with E-state index in [1.54, 1.807) is 13.2 Å². The third-order valence-electron chi connectivity index (χ3n) is 5.34. The molecule has 3 aromatic rings. The van der Waals surface area contributed by atoms with Crippen molar-refractivity contribution in [3.8, 4) is 5.82 Å². The lowest BCUT2D eigenvalue weighted by Crippen LogP contribution is -2.38. The summed E-state index contributed by atoms with van der Waals surface area (Å²) in [7, 11) is 1.81. The average molecular weight is 502 g/mol. The molecule has 2 aromatic heterocycles. The van der Waals surface area contributed by atoms with Crippen LogP contribution in [0.5, 0.6) is 0 Å². The van der Waals surface area contributed by atoms with Crippen LogP contribution in [-0.4, -0.2) is 34.1 Å². The van der Waals surface area contributed by atoms with Gasteiger partial charge in [0.25, 0.3) is 0 Å². The lowest BCUT2D eigenvalue weighted by molar-refractivity contribution is 0.641. The topological polar surface area (TPSA) is 67.1 Å². The van der Waals surface area contributed by atoms with Crippen LogP contribution in [0.1, 0.15) is 34.9 Å². The van der Waals surface area contributed by atoms with Gasteiger partial charge in [0.15, 0.2) is 5.96 Å². The molecule has 1 aliphatic rings. The molecule has 0 aliphatic heterocycles. The van der Waals surface area contributed by atoms with Crippen molar-refractivity contribution in [2.45, 2.75) is 32.2 Å². The number of imidazole rings is 1. The molecule has 6 nitrogen and oxygen atoms in total. The number of pyridine rings is 1. The molecule has 2 heterocycles. The largest absolute Gasteiger partial charge is 0.356 e. The number of halogens is 1. The second-order valence-corrected chi connectivity index (χ2v) is 7.11. The predicted octanol–water partition coefficient (Wildman–Crippen LogP) is 3.59. The van der Waals surface area contributed by atoms with Crippen LogP contribution < -0.4 is 10.6 Å². The Hall–Kier alpha value is -2.42. The summed E-state index contributed by atoms with van der Waals surface area (Å²) < 4.78 is 1.97. The van der Waals surface area contributed by atoms with Crippen molar-refractivity contribution in [3.05, 3.63) is 77.5 Å². The van der Waals surface area contributed by atoms with Crippen LogP contribution in [-0.2, 0) is 13.0 Å². The Bertz CT molecular complexity index is 963. The molecule has 1 aliphatic carbocycles. The Kier molecular flexibility index (Phi) is 7.24. The van der Waals surface area contributed by atoms with Gasteiger partial charge in [0.1, 0.15) is 11.6 Å². The Morgan fingerprint density at radius 1 is 1.17 bits per heavy atom.